The quantitative estimate of drug-likeness (QED) is 0.135. The molecule has 4 heterocycles. The molecule has 0 atom stereocenters. The minimum atomic E-state index is -0.322. The Kier molecular flexibility index (Phi) is 16.5. The van der Waals surface area contributed by atoms with E-state index in [9.17, 15) is 5.26 Å². The van der Waals surface area contributed by atoms with E-state index in [0.717, 1.165) is 129 Å². The van der Waals surface area contributed by atoms with Crippen LogP contribution in [-0.2, 0) is 27.1 Å². The van der Waals surface area contributed by atoms with Crippen molar-refractivity contribution >= 4 is 101 Å². The maximum absolute atomic E-state index is 11.3. The third-order valence-electron chi connectivity index (χ3n) is 23.7. The summed E-state index contributed by atoms with van der Waals surface area (Å²) < 4.78 is 5.08. The Morgan fingerprint density at radius 1 is 0.261 bits per heavy atom. The van der Waals surface area contributed by atoms with Crippen LogP contribution in [0.15, 0.2) is 297 Å². The maximum atomic E-state index is 11.3. The minimum Gasteiger partial charge on any atom is -0.310 e. The molecule has 2 aromatic heterocycles. The van der Waals surface area contributed by atoms with Crippen LogP contribution in [0.4, 0.5) is 34.1 Å². The first-order chi connectivity index (χ1) is 53.2. The molecule has 0 fully saturated rings. The maximum Gasteiger partial charge on any atom is 0.252 e. The monoisotopic (exact) mass is 1440 g/mol. The fourth-order valence-electron chi connectivity index (χ4n) is 17.6. The van der Waals surface area contributed by atoms with Crippen molar-refractivity contribution in [2.24, 2.45) is 0 Å². The molecular weight excluding hydrogens is 1340 g/mol. The number of aromatic nitrogens is 2. The van der Waals surface area contributed by atoms with E-state index in [-0.39, 0.29) is 33.8 Å². The van der Waals surface area contributed by atoms with Crippen molar-refractivity contribution in [2.45, 2.75) is 131 Å². The van der Waals surface area contributed by atoms with Gasteiger partial charge in [0.15, 0.2) is 0 Å². The number of nitriles is 1. The summed E-state index contributed by atoms with van der Waals surface area (Å²) in [5.41, 5.74) is 33.8. The summed E-state index contributed by atoms with van der Waals surface area (Å²) >= 11 is 0. The highest BCUT2D eigenvalue weighted by molar-refractivity contribution is 7.00. The van der Waals surface area contributed by atoms with Crippen LogP contribution in [0.25, 0.3) is 111 Å². The molecule has 0 radical (unpaired) electrons. The van der Waals surface area contributed by atoms with Crippen LogP contribution in [-0.4, -0.2) is 15.8 Å². The smallest absolute Gasteiger partial charge is 0.252 e. The van der Waals surface area contributed by atoms with Gasteiger partial charge in [-0.2, -0.15) is 5.26 Å². The fraction of sp³-hybridized carbons (Fsp3) is 0.190. The lowest BCUT2D eigenvalue weighted by molar-refractivity contribution is 0.590. The third-order valence-corrected chi connectivity index (χ3v) is 23.7. The second kappa shape index (κ2) is 26.0. The molecule has 0 N–H and O–H groups in total. The zero-order valence-corrected chi connectivity index (χ0v) is 66.6. The lowest BCUT2D eigenvalue weighted by Crippen LogP contribution is -2.61. The molecule has 542 valence electrons. The molecule has 0 aliphatic carbocycles. The van der Waals surface area contributed by atoms with E-state index in [4.69, 9.17) is 0 Å². The zero-order chi connectivity index (χ0) is 76.9. The predicted molar refractivity (Wildman–Crippen MR) is 475 cm³/mol. The molecule has 0 bridgehead atoms. The summed E-state index contributed by atoms with van der Waals surface area (Å²) in [6, 6.07) is 116. The summed E-state index contributed by atoms with van der Waals surface area (Å²) in [5.74, 6) is 0. The SMILES string of the molecule is CC(C)(C)c1cc(C#N)cc(-c2cc3c4c(c2)N(c2c(-c5ccccc5)cccc2-c2ccccc2)c2cc(-n5c6ccc(C(C)(C)C)cc6c6cc(C(C)(C)C)ccc65)ccc2B4c2ccc(-n4c5ccc(C(C)(C)C)cc5c5cc(C(C)(C)C)ccc54)cc2N3c2c(-c3ccccc3)cccc2-c2ccccc2)c1. The topological polar surface area (TPSA) is 40.1 Å². The van der Waals surface area contributed by atoms with Crippen molar-refractivity contribution in [3.05, 3.63) is 331 Å². The number of anilines is 6. The Hall–Kier alpha value is -12.2. The van der Waals surface area contributed by atoms with Gasteiger partial charge >= 0.3 is 0 Å². The molecule has 18 rings (SSSR count). The van der Waals surface area contributed by atoms with Gasteiger partial charge in [0, 0.05) is 77.9 Å². The highest BCUT2D eigenvalue weighted by Crippen LogP contribution is 2.55. The van der Waals surface area contributed by atoms with E-state index in [1.165, 1.54) is 60.2 Å². The van der Waals surface area contributed by atoms with Crippen molar-refractivity contribution in [1.82, 2.24) is 9.13 Å². The molecule has 0 spiro atoms. The second-order valence-electron chi connectivity index (χ2n) is 36.1. The molecule has 111 heavy (non-hydrogen) atoms. The van der Waals surface area contributed by atoms with Crippen LogP contribution in [0, 0.1) is 11.3 Å². The average molecular weight is 1440 g/mol. The van der Waals surface area contributed by atoms with Crippen molar-refractivity contribution in [3.63, 3.8) is 0 Å². The summed E-state index contributed by atoms with van der Waals surface area (Å²) in [4.78, 5) is 5.33. The van der Waals surface area contributed by atoms with Crippen LogP contribution in [0.3, 0.4) is 0 Å². The minimum absolute atomic E-state index is 0.0797. The summed E-state index contributed by atoms with van der Waals surface area (Å²) in [7, 11) is 0. The highest BCUT2D eigenvalue weighted by atomic mass is 15.2. The van der Waals surface area contributed by atoms with Crippen LogP contribution in [0.2, 0.25) is 0 Å². The second-order valence-corrected chi connectivity index (χ2v) is 36.1. The zero-order valence-electron chi connectivity index (χ0n) is 66.6. The van der Waals surface area contributed by atoms with Crippen molar-refractivity contribution < 1.29 is 0 Å². The van der Waals surface area contributed by atoms with Crippen molar-refractivity contribution in [3.8, 4) is 73.1 Å². The average Bonchev–Trinajstić information content (AvgIpc) is 0.717. The van der Waals surface area contributed by atoms with Gasteiger partial charge in [-0.1, -0.05) is 304 Å². The number of rotatable bonds is 9. The Morgan fingerprint density at radius 3 is 0.865 bits per heavy atom. The van der Waals surface area contributed by atoms with Gasteiger partial charge in [0.25, 0.3) is 6.71 Å². The van der Waals surface area contributed by atoms with Crippen molar-refractivity contribution in [1.29, 1.82) is 5.26 Å². The number of benzene rings is 14. The number of nitrogens with zero attached hydrogens (tertiary/aromatic N) is 5. The fourth-order valence-corrected chi connectivity index (χ4v) is 17.6. The summed E-state index contributed by atoms with van der Waals surface area (Å²) in [6.45, 7) is 34.3. The van der Waals surface area contributed by atoms with E-state index in [1.54, 1.807) is 0 Å². The summed E-state index contributed by atoms with van der Waals surface area (Å²) in [6.07, 6.45) is 0. The summed E-state index contributed by atoms with van der Waals surface area (Å²) in [5, 5.41) is 16.2. The molecule has 0 saturated heterocycles. The van der Waals surface area contributed by atoms with E-state index >= 15 is 0 Å². The lowest BCUT2D eigenvalue weighted by Gasteiger charge is -2.46. The number of hydrogen-bond acceptors (Lipinski definition) is 3. The van der Waals surface area contributed by atoms with Crippen molar-refractivity contribution in [2.75, 3.05) is 9.80 Å². The molecular formula is C105H94BN5. The molecule has 16 aromatic rings. The van der Waals surface area contributed by atoms with E-state index in [0.29, 0.717) is 5.56 Å². The molecule has 0 amide bonds. The molecule has 14 aromatic carbocycles. The first-order valence-corrected chi connectivity index (χ1v) is 39.5. The third kappa shape index (κ3) is 12.0. The van der Waals surface area contributed by atoms with E-state index in [2.05, 4.69) is 426 Å². The van der Waals surface area contributed by atoms with Gasteiger partial charge in [-0.05, 0) is 202 Å². The van der Waals surface area contributed by atoms with Gasteiger partial charge < -0.3 is 18.9 Å². The first-order valence-electron chi connectivity index (χ1n) is 39.5. The Bertz CT molecular complexity index is 5860. The molecule has 5 nitrogen and oxygen atoms in total. The van der Waals surface area contributed by atoms with Gasteiger partial charge in [-0.15, -0.1) is 0 Å². The standard InChI is InChI=1S/C105H94BN5/c1-101(2,3)73-42-50-90-84(59-73)85-60-74(102(4,5)6)43-51-91(85)108(90)78-46-48-88-94(63-78)110(99-80(67-30-20-16-21-31-67)38-28-39-81(99)68-32-22-17-23-33-68)96-57-72(71-54-66(65-107)55-77(56-71)105(13,14)15)58-97-98(96)106(88)89-49-47-79(109-92-52-44-75(103(7,8)9)61-86(92)87-62-76(104(10,11)12)45-53-93(87)109)64-95(89)111(97)100-82(69-34-24-18-25-35-69)40-29-41-83(100)70-36-26-19-27-37-70/h16-64H,1-15H3. The molecule has 2 aliphatic heterocycles. The molecule has 0 unspecified atom stereocenters. The largest absolute Gasteiger partial charge is 0.310 e. The van der Waals surface area contributed by atoms with Gasteiger partial charge in [0.1, 0.15) is 0 Å². The van der Waals surface area contributed by atoms with Crippen LogP contribution in [0.1, 0.15) is 137 Å². The lowest BCUT2D eigenvalue weighted by atomic mass is 9.33. The van der Waals surface area contributed by atoms with Crippen LogP contribution < -0.4 is 26.2 Å². The molecule has 6 heteroatoms. The Labute approximate surface area is 655 Å². The van der Waals surface area contributed by atoms with Gasteiger partial charge in [-0.25, -0.2) is 0 Å². The van der Waals surface area contributed by atoms with Gasteiger partial charge in [-0.3, -0.25) is 0 Å². The normalized spacial score (nSPS) is 13.1. The van der Waals surface area contributed by atoms with Gasteiger partial charge in [0.05, 0.1) is 45.1 Å². The number of hydrogen-bond donors (Lipinski definition) is 0. The van der Waals surface area contributed by atoms with Crippen LogP contribution >= 0.6 is 0 Å². The van der Waals surface area contributed by atoms with E-state index in [1.807, 2.05) is 0 Å². The number of fused-ring (bicyclic) bond motifs is 10. The Morgan fingerprint density at radius 2 is 0.568 bits per heavy atom. The first kappa shape index (κ1) is 70.5. The number of para-hydroxylation sites is 2. The Balaban J connectivity index is 1.03. The predicted octanol–water partition coefficient (Wildman–Crippen LogP) is 26.7. The van der Waals surface area contributed by atoms with Crippen LogP contribution in [0.5, 0.6) is 0 Å². The molecule has 0 saturated carbocycles. The van der Waals surface area contributed by atoms with Gasteiger partial charge in [0.2, 0.25) is 0 Å². The van der Waals surface area contributed by atoms with E-state index < -0.39 is 0 Å². The molecule has 2 aliphatic rings. The highest BCUT2D eigenvalue weighted by Gasteiger charge is 2.46.